The van der Waals surface area contributed by atoms with Gasteiger partial charge in [-0.15, -0.1) is 0 Å². The minimum Gasteiger partial charge on any atom is -0.303 e. The van der Waals surface area contributed by atoms with E-state index in [9.17, 15) is 8.42 Å². The highest BCUT2D eigenvalue weighted by Crippen LogP contribution is 2.28. The summed E-state index contributed by atoms with van der Waals surface area (Å²) in [4.78, 5) is 2.43. The lowest BCUT2D eigenvalue weighted by molar-refractivity contribution is 0.191. The molecule has 1 aromatic carbocycles. The van der Waals surface area contributed by atoms with Crippen LogP contribution in [0.25, 0.3) is 0 Å². The van der Waals surface area contributed by atoms with Crippen molar-refractivity contribution in [2.75, 3.05) is 26.2 Å². The fourth-order valence-electron chi connectivity index (χ4n) is 2.56. The van der Waals surface area contributed by atoms with Gasteiger partial charge in [0.05, 0.1) is 10.0 Å². The van der Waals surface area contributed by atoms with Crippen LogP contribution in [-0.4, -0.2) is 39.5 Å². The lowest BCUT2D eigenvalue weighted by atomic mass is 9.99. The molecule has 7 heteroatoms. The Morgan fingerprint density at radius 3 is 2.64 bits per heavy atom. The van der Waals surface area contributed by atoms with E-state index in [1.165, 1.54) is 18.9 Å². The van der Waals surface area contributed by atoms with E-state index < -0.39 is 10.0 Å². The molecule has 22 heavy (non-hydrogen) atoms. The first kappa shape index (κ1) is 18.0. The number of benzene rings is 1. The number of hydrogen-bond acceptors (Lipinski definition) is 3. The number of likely N-dealkylation sites (tertiary alicyclic amines) is 1. The van der Waals surface area contributed by atoms with Gasteiger partial charge >= 0.3 is 0 Å². The zero-order chi connectivity index (χ0) is 16.2. The molecule has 0 amide bonds. The topological polar surface area (TPSA) is 49.4 Å². The minimum atomic E-state index is -3.61. The Hall–Kier alpha value is -0.330. The van der Waals surface area contributed by atoms with Crippen LogP contribution in [0.3, 0.4) is 0 Å². The zero-order valence-corrected chi connectivity index (χ0v) is 15.0. The van der Waals surface area contributed by atoms with Crippen LogP contribution in [0.4, 0.5) is 0 Å². The number of piperidine rings is 1. The highest BCUT2D eigenvalue weighted by atomic mass is 35.5. The van der Waals surface area contributed by atoms with Gasteiger partial charge in [0, 0.05) is 6.54 Å². The van der Waals surface area contributed by atoms with Crippen molar-refractivity contribution in [2.45, 2.75) is 31.1 Å². The molecular weight excluding hydrogens is 343 g/mol. The van der Waals surface area contributed by atoms with Gasteiger partial charge in [-0.25, -0.2) is 13.1 Å². The van der Waals surface area contributed by atoms with E-state index in [1.54, 1.807) is 12.1 Å². The zero-order valence-electron chi connectivity index (χ0n) is 12.7. The molecule has 1 N–H and O–H groups in total. The van der Waals surface area contributed by atoms with Gasteiger partial charge in [-0.1, -0.05) is 36.2 Å². The normalized spacial score (nSPS) is 17.8. The van der Waals surface area contributed by atoms with E-state index >= 15 is 0 Å². The molecule has 4 nitrogen and oxygen atoms in total. The van der Waals surface area contributed by atoms with Crippen molar-refractivity contribution in [3.8, 4) is 0 Å². The van der Waals surface area contributed by atoms with Crippen LogP contribution in [0, 0.1) is 5.92 Å². The minimum absolute atomic E-state index is 0.0356. The van der Waals surface area contributed by atoms with Crippen molar-refractivity contribution >= 4 is 33.2 Å². The van der Waals surface area contributed by atoms with Gasteiger partial charge in [-0.05, 0) is 56.9 Å². The van der Waals surface area contributed by atoms with Crippen molar-refractivity contribution in [1.82, 2.24) is 9.62 Å². The summed E-state index contributed by atoms with van der Waals surface area (Å²) >= 11 is 11.8. The molecule has 1 heterocycles. The third-order valence-electron chi connectivity index (χ3n) is 4.03. The molecule has 1 aliphatic heterocycles. The molecule has 0 bridgehead atoms. The van der Waals surface area contributed by atoms with E-state index in [2.05, 4.69) is 16.5 Å². The van der Waals surface area contributed by atoms with Gasteiger partial charge in [-0.3, -0.25) is 0 Å². The molecule has 1 saturated heterocycles. The van der Waals surface area contributed by atoms with Crippen molar-refractivity contribution in [1.29, 1.82) is 0 Å². The molecule has 0 aromatic heterocycles. The second-order valence-corrected chi connectivity index (χ2v) is 8.35. The number of nitrogens with zero attached hydrogens (tertiary/aromatic N) is 1. The second-order valence-electron chi connectivity index (χ2n) is 5.83. The summed E-state index contributed by atoms with van der Waals surface area (Å²) in [6, 6.07) is 4.61. The molecule has 0 radical (unpaired) electrons. The van der Waals surface area contributed by atoms with Crippen LogP contribution in [0.15, 0.2) is 23.1 Å². The van der Waals surface area contributed by atoms with Crippen LogP contribution in [0.1, 0.15) is 26.2 Å². The second kappa shape index (κ2) is 7.97. The average Bonchev–Trinajstić information content (AvgIpc) is 2.48. The smallest absolute Gasteiger partial charge is 0.242 e. The summed E-state index contributed by atoms with van der Waals surface area (Å²) in [5.41, 5.74) is 0. The van der Waals surface area contributed by atoms with E-state index in [-0.39, 0.29) is 14.9 Å². The SMILES string of the molecule is CC1CCN(CCCNS(=O)(=O)c2cccc(Cl)c2Cl)CC1. The maximum absolute atomic E-state index is 12.2. The molecule has 1 aliphatic rings. The quantitative estimate of drug-likeness (QED) is 0.787. The largest absolute Gasteiger partial charge is 0.303 e. The summed E-state index contributed by atoms with van der Waals surface area (Å²) in [6.45, 7) is 5.80. The monoisotopic (exact) mass is 364 g/mol. The first-order chi connectivity index (χ1) is 10.4. The first-order valence-corrected chi connectivity index (χ1v) is 9.80. The van der Waals surface area contributed by atoms with E-state index in [0.717, 1.165) is 32.0 Å². The molecule has 0 aliphatic carbocycles. The summed E-state index contributed by atoms with van der Waals surface area (Å²) in [6.07, 6.45) is 3.24. The van der Waals surface area contributed by atoms with E-state index in [4.69, 9.17) is 23.2 Å². The average molecular weight is 365 g/mol. The van der Waals surface area contributed by atoms with Crippen LogP contribution >= 0.6 is 23.2 Å². The third-order valence-corrected chi connectivity index (χ3v) is 6.46. The van der Waals surface area contributed by atoms with E-state index in [0.29, 0.717) is 6.54 Å². The molecule has 124 valence electrons. The summed E-state index contributed by atoms with van der Waals surface area (Å²) in [7, 11) is -3.61. The number of hydrogen-bond donors (Lipinski definition) is 1. The fourth-order valence-corrected chi connectivity index (χ4v) is 4.40. The number of sulfonamides is 1. The lowest BCUT2D eigenvalue weighted by Gasteiger charge is -2.30. The van der Waals surface area contributed by atoms with Gasteiger partial charge in [0.1, 0.15) is 4.90 Å². The Kier molecular flexibility index (Phi) is 6.53. The van der Waals surface area contributed by atoms with Crippen molar-refractivity contribution < 1.29 is 8.42 Å². The Labute approximate surface area is 142 Å². The maximum atomic E-state index is 12.2. The van der Waals surface area contributed by atoms with Crippen molar-refractivity contribution in [2.24, 2.45) is 5.92 Å². The molecule has 2 rings (SSSR count). The highest BCUT2D eigenvalue weighted by Gasteiger charge is 2.19. The van der Waals surface area contributed by atoms with Crippen LogP contribution < -0.4 is 4.72 Å². The molecule has 0 unspecified atom stereocenters. The Morgan fingerprint density at radius 1 is 1.27 bits per heavy atom. The van der Waals surface area contributed by atoms with Crippen LogP contribution in [0.5, 0.6) is 0 Å². The van der Waals surface area contributed by atoms with Crippen LogP contribution in [0.2, 0.25) is 10.0 Å². The van der Waals surface area contributed by atoms with Crippen molar-refractivity contribution in [3.63, 3.8) is 0 Å². The molecule has 0 spiro atoms. The summed E-state index contributed by atoms with van der Waals surface area (Å²) in [5, 5.41) is 0.314. The molecule has 0 saturated carbocycles. The Morgan fingerprint density at radius 2 is 1.95 bits per heavy atom. The Balaban J connectivity index is 1.82. The number of rotatable bonds is 6. The summed E-state index contributed by atoms with van der Waals surface area (Å²) in [5.74, 6) is 0.805. The molecule has 0 atom stereocenters. The van der Waals surface area contributed by atoms with Crippen molar-refractivity contribution in [3.05, 3.63) is 28.2 Å². The standard InChI is InChI=1S/C15H22Cl2N2O2S/c1-12-6-10-19(11-7-12)9-3-8-18-22(20,21)14-5-2-4-13(16)15(14)17/h2,4-5,12,18H,3,6-11H2,1H3. The summed E-state index contributed by atoms with van der Waals surface area (Å²) < 4.78 is 27.1. The predicted molar refractivity (Wildman–Crippen MR) is 91.1 cm³/mol. The first-order valence-electron chi connectivity index (χ1n) is 7.56. The number of nitrogens with one attached hydrogen (secondary N) is 1. The number of halogens is 2. The Bertz CT molecular complexity index is 600. The fraction of sp³-hybridized carbons (Fsp3) is 0.600. The highest BCUT2D eigenvalue weighted by molar-refractivity contribution is 7.89. The van der Waals surface area contributed by atoms with Gasteiger partial charge in [-0.2, -0.15) is 0 Å². The van der Waals surface area contributed by atoms with Gasteiger partial charge < -0.3 is 4.90 Å². The van der Waals surface area contributed by atoms with E-state index in [1.807, 2.05) is 0 Å². The maximum Gasteiger partial charge on any atom is 0.242 e. The lowest BCUT2D eigenvalue weighted by Crippen LogP contribution is -2.35. The van der Waals surface area contributed by atoms with Gasteiger partial charge in [0.15, 0.2) is 0 Å². The van der Waals surface area contributed by atoms with Crippen LogP contribution in [-0.2, 0) is 10.0 Å². The van der Waals surface area contributed by atoms with Gasteiger partial charge in [0.2, 0.25) is 10.0 Å². The van der Waals surface area contributed by atoms with Gasteiger partial charge in [0.25, 0.3) is 0 Å². The molecular formula is C15H22Cl2N2O2S. The molecule has 1 aromatic rings. The predicted octanol–water partition coefficient (Wildman–Crippen LogP) is 3.39. The third kappa shape index (κ3) is 4.83. The molecule has 1 fully saturated rings.